The topological polar surface area (TPSA) is 68.7 Å². The van der Waals surface area contributed by atoms with Crippen molar-refractivity contribution in [3.05, 3.63) is 132 Å². The van der Waals surface area contributed by atoms with Crippen LogP contribution in [0.5, 0.6) is 0 Å². The van der Waals surface area contributed by atoms with Crippen molar-refractivity contribution in [1.29, 1.82) is 0 Å². The molecule has 0 N–H and O–H groups in total. The maximum Gasteiger partial charge on any atom is 0.364 e. The predicted molar refractivity (Wildman–Crippen MR) is 164 cm³/mol. The Morgan fingerprint density at radius 1 is 0.390 bits per heavy atom. The Balaban J connectivity index is 1.57. The fourth-order valence-electron chi connectivity index (χ4n) is 6.58. The lowest BCUT2D eigenvalue weighted by Crippen LogP contribution is -2.31. The number of fused-ring (bicyclic) bond motifs is 8. The van der Waals surface area contributed by atoms with Gasteiger partial charge in [-0.05, 0) is 24.3 Å². The maximum absolute atomic E-state index is 13.2. The van der Waals surface area contributed by atoms with Gasteiger partial charge in [-0.25, -0.2) is 0 Å². The minimum absolute atomic E-state index is 0.354. The molecule has 0 atom stereocenters. The molecule has 0 aliphatic carbocycles. The van der Waals surface area contributed by atoms with Crippen LogP contribution in [0, 0.1) is 0 Å². The Bertz CT molecular complexity index is 2380. The molecule has 3 heterocycles. The van der Waals surface area contributed by atoms with Crippen molar-refractivity contribution in [2.24, 2.45) is 8.80 Å². The number of hydrogen-bond acceptors (Lipinski definition) is 2. The number of nitrogens with zero attached hydrogens (tertiary/aromatic N) is 4. The van der Waals surface area contributed by atoms with Gasteiger partial charge in [-0.15, -0.1) is 8.80 Å². The average Bonchev–Trinajstić information content (AvgIpc) is 3.63. The molecule has 0 saturated carbocycles. The summed E-state index contributed by atoms with van der Waals surface area (Å²) in [5.74, 6) is 0. The van der Waals surface area contributed by atoms with E-state index in [2.05, 4.69) is 66.5 Å². The minimum Gasteiger partial charge on any atom is -0.306 e. The zero-order chi connectivity index (χ0) is 27.3. The van der Waals surface area contributed by atoms with E-state index in [4.69, 9.17) is 0 Å². The van der Waals surface area contributed by atoms with Crippen LogP contribution in [0.15, 0.2) is 130 Å². The van der Waals surface area contributed by atoms with E-state index in [0.29, 0.717) is 22.1 Å². The smallest absolute Gasteiger partial charge is 0.306 e. The van der Waals surface area contributed by atoms with Gasteiger partial charge in [0.2, 0.25) is 0 Å². The fourth-order valence-corrected chi connectivity index (χ4v) is 7.43. The first-order valence-electron chi connectivity index (χ1n) is 13.4. The molecular formula is C34H20N4O2S. The first-order chi connectivity index (χ1) is 20.1. The molecule has 9 rings (SSSR count). The van der Waals surface area contributed by atoms with Crippen LogP contribution in [0.2, 0.25) is 0 Å². The second kappa shape index (κ2) is 7.90. The van der Waals surface area contributed by atoms with E-state index in [-0.39, 0.29) is 0 Å². The van der Waals surface area contributed by atoms with Crippen LogP contribution in [0.3, 0.4) is 0 Å². The van der Waals surface area contributed by atoms with Gasteiger partial charge in [0.1, 0.15) is 10.7 Å². The minimum atomic E-state index is -4.10. The van der Waals surface area contributed by atoms with Crippen molar-refractivity contribution in [3.8, 4) is 11.4 Å². The van der Waals surface area contributed by atoms with Gasteiger partial charge in [0, 0.05) is 32.3 Å². The highest BCUT2D eigenvalue weighted by molar-refractivity contribution is 7.88. The number of rotatable bonds is 2. The van der Waals surface area contributed by atoms with Crippen LogP contribution in [-0.2, 0) is 10.2 Å². The molecule has 6 nitrogen and oxygen atoms in total. The molecule has 0 unspecified atom stereocenters. The van der Waals surface area contributed by atoms with Crippen molar-refractivity contribution in [1.82, 2.24) is 9.13 Å². The number of benzene rings is 6. The molecule has 0 bridgehead atoms. The standard InChI is InChI=1S/C34H20N4O2S/c39-41(40)35-31-32(36-41)34(38-29-19-9-5-13-23(29)24-14-6-10-20-30(24)38)26-16-2-1-15-25(26)33(31)37-27-17-7-3-11-21(27)22-12-4-8-18-28(22)37/h1-20H. The Labute approximate surface area is 233 Å². The first kappa shape index (κ1) is 22.5. The summed E-state index contributed by atoms with van der Waals surface area (Å²) >= 11 is 0. The van der Waals surface area contributed by atoms with E-state index in [1.54, 1.807) is 0 Å². The lowest BCUT2D eigenvalue weighted by Gasteiger charge is -2.16. The van der Waals surface area contributed by atoms with Crippen LogP contribution >= 0.6 is 0 Å². The van der Waals surface area contributed by atoms with Gasteiger partial charge in [0.05, 0.1) is 33.4 Å². The lowest BCUT2D eigenvalue weighted by atomic mass is 10.0. The first-order valence-corrected chi connectivity index (χ1v) is 14.8. The van der Waals surface area contributed by atoms with E-state index < -0.39 is 10.2 Å². The second-order valence-electron chi connectivity index (χ2n) is 10.3. The Kier molecular flexibility index (Phi) is 4.34. The molecule has 8 aromatic rings. The largest absolute Gasteiger partial charge is 0.364 e. The van der Waals surface area contributed by atoms with E-state index in [9.17, 15) is 8.42 Å². The SMILES string of the molecule is O=S1(=O)N=c2c(-n3c4ccccc4c4ccccc43)c3ccccc3c(-n3c4ccccc4c4ccccc43)c2=N1. The molecule has 0 radical (unpaired) electrons. The van der Waals surface area contributed by atoms with Gasteiger partial charge in [0.15, 0.2) is 0 Å². The third kappa shape index (κ3) is 2.98. The third-order valence-electron chi connectivity index (χ3n) is 8.13. The Morgan fingerprint density at radius 2 is 0.659 bits per heavy atom. The summed E-state index contributed by atoms with van der Waals surface area (Å²) in [6.45, 7) is 0. The van der Waals surface area contributed by atoms with Crippen LogP contribution in [0.1, 0.15) is 0 Å². The zero-order valence-corrected chi connectivity index (χ0v) is 22.4. The number of hydrogen-bond donors (Lipinski definition) is 0. The highest BCUT2D eigenvalue weighted by atomic mass is 32.2. The third-order valence-corrected chi connectivity index (χ3v) is 8.96. The summed E-state index contributed by atoms with van der Waals surface area (Å²) in [5.41, 5.74) is 5.33. The van der Waals surface area contributed by atoms with Crippen LogP contribution in [-0.4, -0.2) is 17.6 Å². The molecule has 0 amide bonds. The van der Waals surface area contributed by atoms with Crippen molar-refractivity contribution < 1.29 is 8.42 Å². The maximum atomic E-state index is 13.2. The molecule has 7 heteroatoms. The predicted octanol–water partition coefficient (Wildman–Crippen LogP) is 6.53. The van der Waals surface area contributed by atoms with Crippen molar-refractivity contribution in [2.75, 3.05) is 0 Å². The summed E-state index contributed by atoms with van der Waals surface area (Å²) in [4.78, 5) is 0. The number of para-hydroxylation sites is 4. The summed E-state index contributed by atoms with van der Waals surface area (Å²) in [7, 11) is -4.10. The molecular weight excluding hydrogens is 528 g/mol. The fraction of sp³-hybridized carbons (Fsp3) is 0. The molecule has 1 aliphatic heterocycles. The molecule has 41 heavy (non-hydrogen) atoms. The second-order valence-corrected chi connectivity index (χ2v) is 11.6. The summed E-state index contributed by atoms with van der Waals surface area (Å²) in [6, 6.07) is 40.9. The normalized spacial score (nSPS) is 14.1. The molecule has 0 spiro atoms. The number of aromatic nitrogens is 2. The van der Waals surface area contributed by atoms with Gasteiger partial charge in [-0.1, -0.05) is 97.1 Å². The van der Waals surface area contributed by atoms with E-state index in [0.717, 1.165) is 54.4 Å². The molecule has 1 aliphatic rings. The summed E-state index contributed by atoms with van der Waals surface area (Å²) in [6.07, 6.45) is 0. The highest BCUT2D eigenvalue weighted by Gasteiger charge is 2.27. The Hall–Kier alpha value is -5.27. The quantitative estimate of drug-likeness (QED) is 0.246. The molecule has 2 aromatic heterocycles. The molecule has 194 valence electrons. The van der Waals surface area contributed by atoms with Crippen LogP contribution in [0.4, 0.5) is 0 Å². The van der Waals surface area contributed by atoms with Crippen LogP contribution in [0.25, 0.3) is 65.8 Å². The van der Waals surface area contributed by atoms with Gasteiger partial charge in [-0.2, -0.15) is 8.42 Å². The van der Waals surface area contributed by atoms with Crippen molar-refractivity contribution >= 4 is 64.6 Å². The summed E-state index contributed by atoms with van der Waals surface area (Å²) < 4.78 is 39.3. The van der Waals surface area contributed by atoms with E-state index in [1.165, 1.54) is 0 Å². The van der Waals surface area contributed by atoms with Gasteiger partial charge >= 0.3 is 10.2 Å². The van der Waals surface area contributed by atoms with E-state index >= 15 is 0 Å². The summed E-state index contributed by atoms with van der Waals surface area (Å²) in [5, 5.41) is 6.85. The molecule has 0 saturated heterocycles. The highest BCUT2D eigenvalue weighted by Crippen LogP contribution is 2.37. The lowest BCUT2D eigenvalue weighted by molar-refractivity contribution is 0.599. The average molecular weight is 549 g/mol. The van der Waals surface area contributed by atoms with Gasteiger partial charge in [0.25, 0.3) is 0 Å². The van der Waals surface area contributed by atoms with Gasteiger partial charge in [-0.3, -0.25) is 0 Å². The molecule has 6 aromatic carbocycles. The van der Waals surface area contributed by atoms with Gasteiger partial charge < -0.3 is 9.13 Å². The zero-order valence-electron chi connectivity index (χ0n) is 21.6. The van der Waals surface area contributed by atoms with E-state index in [1.807, 2.05) is 72.8 Å². The molecule has 0 fully saturated rings. The Morgan fingerprint density at radius 3 is 0.976 bits per heavy atom. The van der Waals surface area contributed by atoms with Crippen LogP contribution < -0.4 is 10.7 Å². The monoisotopic (exact) mass is 548 g/mol. The van der Waals surface area contributed by atoms with Crippen molar-refractivity contribution in [2.45, 2.75) is 0 Å². The van der Waals surface area contributed by atoms with Crippen molar-refractivity contribution in [3.63, 3.8) is 0 Å².